The number of hydrogen-bond acceptors (Lipinski definition) is 3. The van der Waals surface area contributed by atoms with E-state index in [4.69, 9.17) is 0 Å². The van der Waals surface area contributed by atoms with Gasteiger partial charge in [0.2, 0.25) is 0 Å². The first kappa shape index (κ1) is 10.9. The van der Waals surface area contributed by atoms with Gasteiger partial charge in [-0.25, -0.2) is 0 Å². The first-order valence-corrected chi connectivity index (χ1v) is 5.65. The van der Waals surface area contributed by atoms with Crippen LogP contribution in [0.3, 0.4) is 0 Å². The minimum absolute atomic E-state index is 0.0619. The Morgan fingerprint density at radius 1 is 1.31 bits per heavy atom. The molecule has 16 heavy (non-hydrogen) atoms. The number of pyridine rings is 1. The van der Waals surface area contributed by atoms with E-state index in [-0.39, 0.29) is 5.78 Å². The van der Waals surface area contributed by atoms with E-state index in [0.29, 0.717) is 5.56 Å². The summed E-state index contributed by atoms with van der Waals surface area (Å²) in [6, 6.07) is 3.49. The second kappa shape index (κ2) is 4.92. The van der Waals surface area contributed by atoms with Crippen molar-refractivity contribution in [1.29, 1.82) is 0 Å². The molecule has 1 aromatic rings. The Bertz CT molecular complexity index is 392. The molecule has 2 rings (SSSR count). The number of likely N-dealkylation sites (tertiary alicyclic amines) is 1. The van der Waals surface area contributed by atoms with Crippen LogP contribution in [-0.2, 0) is 0 Å². The first-order chi connectivity index (χ1) is 7.77. The third-order valence-corrected chi connectivity index (χ3v) is 2.91. The summed E-state index contributed by atoms with van der Waals surface area (Å²) in [5, 5.41) is 0. The molecule has 0 N–H and O–H groups in total. The number of carbonyl (C=O) groups is 1. The van der Waals surface area contributed by atoms with Crippen molar-refractivity contribution in [2.45, 2.75) is 19.8 Å². The Morgan fingerprint density at radius 2 is 1.94 bits per heavy atom. The Morgan fingerprint density at radius 3 is 2.56 bits per heavy atom. The summed E-state index contributed by atoms with van der Waals surface area (Å²) >= 11 is 0. The topological polar surface area (TPSA) is 33.2 Å². The van der Waals surface area contributed by atoms with Gasteiger partial charge in [-0.15, -0.1) is 0 Å². The van der Waals surface area contributed by atoms with Gasteiger partial charge in [-0.3, -0.25) is 9.78 Å². The van der Waals surface area contributed by atoms with E-state index in [0.717, 1.165) is 18.8 Å². The van der Waals surface area contributed by atoms with Crippen molar-refractivity contribution in [3.8, 4) is 0 Å². The Balaban J connectivity index is 2.08. The molecule has 0 unspecified atom stereocenters. The van der Waals surface area contributed by atoms with Crippen LogP contribution in [0.4, 0.5) is 0 Å². The lowest BCUT2D eigenvalue weighted by atomic mass is 10.1. The molecule has 1 aromatic heterocycles. The standard InChI is InChI=1S/C13H16N2O/c1-11(15-8-2-3-9-15)10-13(16)12-4-6-14-7-5-12/h4-7,10H,2-3,8-9H2,1H3. The average molecular weight is 216 g/mol. The fraction of sp³-hybridized carbons (Fsp3) is 0.385. The van der Waals surface area contributed by atoms with Gasteiger partial charge < -0.3 is 4.90 Å². The molecule has 0 aliphatic carbocycles. The van der Waals surface area contributed by atoms with Gasteiger partial charge in [-0.1, -0.05) is 0 Å². The number of aromatic nitrogens is 1. The lowest BCUT2D eigenvalue weighted by Crippen LogP contribution is -2.17. The molecule has 0 aromatic carbocycles. The molecule has 0 saturated carbocycles. The van der Waals surface area contributed by atoms with Crippen LogP contribution < -0.4 is 0 Å². The van der Waals surface area contributed by atoms with Crippen LogP contribution in [-0.4, -0.2) is 28.8 Å². The Hall–Kier alpha value is -1.64. The number of ketones is 1. The molecule has 3 heteroatoms. The molecule has 1 aliphatic heterocycles. The van der Waals surface area contributed by atoms with Crippen LogP contribution in [0.1, 0.15) is 30.1 Å². The number of nitrogens with zero attached hydrogens (tertiary/aromatic N) is 2. The van der Waals surface area contributed by atoms with Crippen LogP contribution in [0, 0.1) is 0 Å². The second-order valence-corrected chi connectivity index (χ2v) is 4.08. The van der Waals surface area contributed by atoms with E-state index in [2.05, 4.69) is 9.88 Å². The molecule has 1 fully saturated rings. The molecule has 2 heterocycles. The van der Waals surface area contributed by atoms with E-state index in [1.807, 2.05) is 6.92 Å². The predicted molar refractivity (Wildman–Crippen MR) is 63.1 cm³/mol. The van der Waals surface area contributed by atoms with Crippen molar-refractivity contribution in [1.82, 2.24) is 9.88 Å². The molecular formula is C13H16N2O. The summed E-state index contributed by atoms with van der Waals surface area (Å²) in [4.78, 5) is 18.0. The van der Waals surface area contributed by atoms with Gasteiger partial charge in [0.05, 0.1) is 0 Å². The van der Waals surface area contributed by atoms with E-state index >= 15 is 0 Å². The van der Waals surface area contributed by atoms with Crippen molar-refractivity contribution >= 4 is 5.78 Å². The maximum atomic E-state index is 11.9. The average Bonchev–Trinajstić information content (AvgIpc) is 2.83. The first-order valence-electron chi connectivity index (χ1n) is 5.65. The maximum absolute atomic E-state index is 11.9. The third-order valence-electron chi connectivity index (χ3n) is 2.91. The highest BCUT2D eigenvalue weighted by atomic mass is 16.1. The van der Waals surface area contributed by atoms with Crippen LogP contribution in [0.25, 0.3) is 0 Å². The molecule has 3 nitrogen and oxygen atoms in total. The second-order valence-electron chi connectivity index (χ2n) is 4.08. The summed E-state index contributed by atoms with van der Waals surface area (Å²) < 4.78 is 0. The highest BCUT2D eigenvalue weighted by molar-refractivity contribution is 6.04. The maximum Gasteiger partial charge on any atom is 0.187 e. The molecule has 0 bridgehead atoms. The highest BCUT2D eigenvalue weighted by Gasteiger charge is 2.12. The summed E-state index contributed by atoms with van der Waals surface area (Å²) in [5.41, 5.74) is 1.77. The van der Waals surface area contributed by atoms with E-state index in [1.54, 1.807) is 30.6 Å². The van der Waals surface area contributed by atoms with Crippen molar-refractivity contribution in [2.24, 2.45) is 0 Å². The molecule has 1 aliphatic rings. The molecule has 1 saturated heterocycles. The van der Waals surface area contributed by atoms with Gasteiger partial charge in [0.25, 0.3) is 0 Å². The lowest BCUT2D eigenvalue weighted by molar-refractivity contribution is 0.104. The highest BCUT2D eigenvalue weighted by Crippen LogP contribution is 2.14. The van der Waals surface area contributed by atoms with Gasteiger partial charge in [-0.2, -0.15) is 0 Å². The van der Waals surface area contributed by atoms with Crippen LogP contribution >= 0.6 is 0 Å². The number of carbonyl (C=O) groups excluding carboxylic acids is 1. The van der Waals surface area contributed by atoms with Crippen LogP contribution in [0.15, 0.2) is 36.3 Å². The molecule has 84 valence electrons. The predicted octanol–water partition coefficient (Wildman–Crippen LogP) is 2.26. The van der Waals surface area contributed by atoms with Crippen molar-refractivity contribution in [3.05, 3.63) is 41.9 Å². The molecule has 0 amide bonds. The van der Waals surface area contributed by atoms with Crippen molar-refractivity contribution in [2.75, 3.05) is 13.1 Å². The zero-order chi connectivity index (χ0) is 11.4. The van der Waals surface area contributed by atoms with Gasteiger partial charge in [0.1, 0.15) is 0 Å². The van der Waals surface area contributed by atoms with Crippen LogP contribution in [0.5, 0.6) is 0 Å². The zero-order valence-electron chi connectivity index (χ0n) is 9.52. The minimum atomic E-state index is 0.0619. The van der Waals surface area contributed by atoms with Gasteiger partial charge in [0, 0.05) is 42.8 Å². The normalized spacial score (nSPS) is 16.6. The van der Waals surface area contributed by atoms with Gasteiger partial charge >= 0.3 is 0 Å². The van der Waals surface area contributed by atoms with E-state index < -0.39 is 0 Å². The fourth-order valence-electron chi connectivity index (χ4n) is 1.95. The smallest absolute Gasteiger partial charge is 0.187 e. The monoisotopic (exact) mass is 216 g/mol. The summed E-state index contributed by atoms with van der Waals surface area (Å²) in [5.74, 6) is 0.0619. The van der Waals surface area contributed by atoms with Crippen molar-refractivity contribution < 1.29 is 4.79 Å². The third kappa shape index (κ3) is 2.48. The quantitative estimate of drug-likeness (QED) is 0.574. The number of hydrogen-bond donors (Lipinski definition) is 0. The number of allylic oxidation sites excluding steroid dienone is 2. The fourth-order valence-corrected chi connectivity index (χ4v) is 1.95. The zero-order valence-corrected chi connectivity index (χ0v) is 9.52. The van der Waals surface area contributed by atoms with Gasteiger partial charge in [-0.05, 0) is 31.9 Å². The largest absolute Gasteiger partial charge is 0.375 e. The minimum Gasteiger partial charge on any atom is -0.375 e. The van der Waals surface area contributed by atoms with Gasteiger partial charge in [0.15, 0.2) is 5.78 Å². The van der Waals surface area contributed by atoms with Crippen molar-refractivity contribution in [3.63, 3.8) is 0 Å². The molecule has 0 atom stereocenters. The Kier molecular flexibility index (Phi) is 3.34. The molecular weight excluding hydrogens is 200 g/mol. The SMILES string of the molecule is CC(=CC(=O)c1ccncc1)N1CCCC1. The van der Waals surface area contributed by atoms with E-state index in [9.17, 15) is 4.79 Å². The summed E-state index contributed by atoms with van der Waals surface area (Å²) in [6.07, 6.45) is 7.47. The Labute approximate surface area is 95.8 Å². The number of rotatable bonds is 3. The summed E-state index contributed by atoms with van der Waals surface area (Å²) in [6.45, 7) is 4.16. The molecule has 0 spiro atoms. The lowest BCUT2D eigenvalue weighted by Gasteiger charge is -2.17. The summed E-state index contributed by atoms with van der Waals surface area (Å²) in [7, 11) is 0. The molecule has 0 radical (unpaired) electrons. The van der Waals surface area contributed by atoms with E-state index in [1.165, 1.54) is 12.8 Å². The van der Waals surface area contributed by atoms with Crippen LogP contribution in [0.2, 0.25) is 0 Å².